The minimum absolute atomic E-state index is 0.00107. The van der Waals surface area contributed by atoms with Crippen LogP contribution in [0.3, 0.4) is 0 Å². The predicted octanol–water partition coefficient (Wildman–Crippen LogP) is 3.11. The van der Waals surface area contributed by atoms with Gasteiger partial charge in [0.15, 0.2) is 0 Å². The third-order valence-electron chi connectivity index (χ3n) is 3.48. The van der Waals surface area contributed by atoms with Gasteiger partial charge >= 0.3 is 0 Å². The summed E-state index contributed by atoms with van der Waals surface area (Å²) in [5.74, 6) is 0. The summed E-state index contributed by atoms with van der Waals surface area (Å²) in [6.45, 7) is 6.59. The smallest absolute Gasteiger partial charge is 0.0637 e. The molecule has 2 heteroatoms. The molecular formula is C13H27NO. The Kier molecular flexibility index (Phi) is 5.07. The minimum Gasteiger partial charge on any atom is -0.379 e. The summed E-state index contributed by atoms with van der Waals surface area (Å²) in [4.78, 5) is 0. The lowest BCUT2D eigenvalue weighted by atomic mass is 9.93. The van der Waals surface area contributed by atoms with Crippen LogP contribution < -0.4 is 5.32 Å². The molecule has 0 aromatic rings. The molecule has 2 nitrogen and oxygen atoms in total. The predicted molar refractivity (Wildman–Crippen MR) is 65.2 cm³/mol. The maximum atomic E-state index is 5.46. The maximum Gasteiger partial charge on any atom is 0.0637 e. The van der Waals surface area contributed by atoms with E-state index in [-0.39, 0.29) is 5.60 Å². The van der Waals surface area contributed by atoms with Crippen molar-refractivity contribution in [2.45, 2.75) is 77.0 Å². The number of rotatable bonds is 5. The van der Waals surface area contributed by atoms with Gasteiger partial charge in [0.05, 0.1) is 5.60 Å². The summed E-state index contributed by atoms with van der Waals surface area (Å²) in [6.07, 6.45) is 8.03. The van der Waals surface area contributed by atoms with Gasteiger partial charge in [0, 0.05) is 19.2 Å². The van der Waals surface area contributed by atoms with Gasteiger partial charge in [-0.25, -0.2) is 0 Å². The highest BCUT2D eigenvalue weighted by molar-refractivity contribution is 4.80. The van der Waals surface area contributed by atoms with Gasteiger partial charge in [0.25, 0.3) is 0 Å². The van der Waals surface area contributed by atoms with E-state index in [1.807, 2.05) is 0 Å². The molecule has 0 saturated heterocycles. The maximum absolute atomic E-state index is 5.46. The standard InChI is InChI=1S/C13H27NO/c1-11(10-13(2,3)15-4)14-12-8-6-5-7-9-12/h11-12,14H,5-10H2,1-4H3/t11-/m0/s1. The van der Waals surface area contributed by atoms with Gasteiger partial charge in [-0.1, -0.05) is 19.3 Å². The molecule has 0 amide bonds. The fraction of sp³-hybridized carbons (Fsp3) is 1.00. The Morgan fingerprint density at radius 2 is 1.87 bits per heavy atom. The van der Waals surface area contributed by atoms with Crippen molar-refractivity contribution in [1.29, 1.82) is 0 Å². The van der Waals surface area contributed by atoms with Gasteiger partial charge in [-0.05, 0) is 40.0 Å². The zero-order valence-electron chi connectivity index (χ0n) is 10.8. The van der Waals surface area contributed by atoms with E-state index < -0.39 is 0 Å². The highest BCUT2D eigenvalue weighted by Crippen LogP contribution is 2.20. The molecule has 0 heterocycles. The molecule has 0 unspecified atom stereocenters. The second-order valence-electron chi connectivity index (χ2n) is 5.57. The number of hydrogen-bond acceptors (Lipinski definition) is 2. The molecule has 90 valence electrons. The van der Waals surface area contributed by atoms with Gasteiger partial charge in [0.2, 0.25) is 0 Å². The van der Waals surface area contributed by atoms with Crippen LogP contribution in [0.15, 0.2) is 0 Å². The third-order valence-corrected chi connectivity index (χ3v) is 3.48. The van der Waals surface area contributed by atoms with Crippen LogP contribution in [0, 0.1) is 0 Å². The fourth-order valence-corrected chi connectivity index (χ4v) is 2.55. The van der Waals surface area contributed by atoms with Gasteiger partial charge in [-0.3, -0.25) is 0 Å². The molecule has 0 bridgehead atoms. The van der Waals surface area contributed by atoms with Crippen LogP contribution in [0.25, 0.3) is 0 Å². The number of methoxy groups -OCH3 is 1. The van der Waals surface area contributed by atoms with Crippen molar-refractivity contribution < 1.29 is 4.74 Å². The topological polar surface area (TPSA) is 21.3 Å². The molecule has 1 aliphatic rings. The molecule has 1 fully saturated rings. The molecular weight excluding hydrogens is 186 g/mol. The van der Waals surface area contributed by atoms with Gasteiger partial charge in [0.1, 0.15) is 0 Å². The zero-order valence-corrected chi connectivity index (χ0v) is 10.8. The Morgan fingerprint density at radius 1 is 1.27 bits per heavy atom. The fourth-order valence-electron chi connectivity index (χ4n) is 2.55. The van der Waals surface area contributed by atoms with E-state index in [0.717, 1.165) is 12.5 Å². The molecule has 1 atom stereocenters. The van der Waals surface area contributed by atoms with Crippen molar-refractivity contribution in [2.24, 2.45) is 0 Å². The van der Waals surface area contributed by atoms with E-state index in [2.05, 4.69) is 26.1 Å². The van der Waals surface area contributed by atoms with E-state index in [4.69, 9.17) is 4.74 Å². The summed E-state index contributed by atoms with van der Waals surface area (Å²) in [5, 5.41) is 3.73. The second-order valence-corrected chi connectivity index (χ2v) is 5.57. The van der Waals surface area contributed by atoms with Crippen molar-refractivity contribution in [3.05, 3.63) is 0 Å². The molecule has 0 spiro atoms. The van der Waals surface area contributed by atoms with Crippen molar-refractivity contribution in [3.8, 4) is 0 Å². The van der Waals surface area contributed by atoms with Crippen molar-refractivity contribution >= 4 is 0 Å². The quantitative estimate of drug-likeness (QED) is 0.757. The lowest BCUT2D eigenvalue weighted by molar-refractivity contribution is 0.00731. The first kappa shape index (κ1) is 13.0. The molecule has 0 aromatic heterocycles. The second kappa shape index (κ2) is 5.86. The van der Waals surface area contributed by atoms with Crippen LogP contribution in [0.5, 0.6) is 0 Å². The Balaban J connectivity index is 2.25. The average molecular weight is 213 g/mol. The van der Waals surface area contributed by atoms with Gasteiger partial charge in [-0.2, -0.15) is 0 Å². The summed E-state index contributed by atoms with van der Waals surface area (Å²) in [5.41, 5.74) is 0.00107. The van der Waals surface area contributed by atoms with Gasteiger partial charge in [-0.15, -0.1) is 0 Å². The zero-order chi connectivity index (χ0) is 11.3. The van der Waals surface area contributed by atoms with Crippen LogP contribution in [0.4, 0.5) is 0 Å². The first-order chi connectivity index (χ1) is 7.03. The molecule has 15 heavy (non-hydrogen) atoms. The Hall–Kier alpha value is -0.0800. The van der Waals surface area contributed by atoms with E-state index in [1.54, 1.807) is 7.11 Å². The molecule has 0 aliphatic heterocycles. The van der Waals surface area contributed by atoms with Crippen LogP contribution in [0.1, 0.15) is 59.3 Å². The summed E-state index contributed by atoms with van der Waals surface area (Å²) < 4.78 is 5.46. The Labute approximate surface area is 94.8 Å². The van der Waals surface area contributed by atoms with E-state index in [9.17, 15) is 0 Å². The SMILES string of the molecule is COC(C)(C)C[C@H](C)NC1CCCCC1. The number of ether oxygens (including phenoxy) is 1. The molecule has 0 radical (unpaired) electrons. The third kappa shape index (κ3) is 4.98. The van der Waals surface area contributed by atoms with E-state index in [0.29, 0.717) is 6.04 Å². The Bertz CT molecular complexity index is 173. The van der Waals surface area contributed by atoms with Crippen molar-refractivity contribution in [1.82, 2.24) is 5.32 Å². The van der Waals surface area contributed by atoms with Crippen LogP contribution in [-0.4, -0.2) is 24.8 Å². The monoisotopic (exact) mass is 213 g/mol. The summed E-state index contributed by atoms with van der Waals surface area (Å²) >= 11 is 0. The first-order valence-electron chi connectivity index (χ1n) is 6.35. The number of nitrogens with one attached hydrogen (secondary N) is 1. The minimum atomic E-state index is 0.00107. The molecule has 1 N–H and O–H groups in total. The Morgan fingerprint density at radius 3 is 2.40 bits per heavy atom. The molecule has 1 aliphatic carbocycles. The number of hydrogen-bond donors (Lipinski definition) is 1. The highest BCUT2D eigenvalue weighted by atomic mass is 16.5. The molecule has 1 rings (SSSR count). The van der Waals surface area contributed by atoms with E-state index in [1.165, 1.54) is 32.1 Å². The lowest BCUT2D eigenvalue weighted by Crippen LogP contribution is -2.42. The first-order valence-corrected chi connectivity index (χ1v) is 6.35. The van der Waals surface area contributed by atoms with Crippen LogP contribution >= 0.6 is 0 Å². The van der Waals surface area contributed by atoms with Crippen molar-refractivity contribution in [2.75, 3.05) is 7.11 Å². The normalized spacial score (nSPS) is 21.6. The van der Waals surface area contributed by atoms with Crippen LogP contribution in [-0.2, 0) is 4.74 Å². The summed E-state index contributed by atoms with van der Waals surface area (Å²) in [6, 6.07) is 1.31. The summed E-state index contributed by atoms with van der Waals surface area (Å²) in [7, 11) is 1.80. The lowest BCUT2D eigenvalue weighted by Gasteiger charge is -2.31. The molecule has 0 aromatic carbocycles. The van der Waals surface area contributed by atoms with Crippen LogP contribution in [0.2, 0.25) is 0 Å². The van der Waals surface area contributed by atoms with Crippen molar-refractivity contribution in [3.63, 3.8) is 0 Å². The largest absolute Gasteiger partial charge is 0.379 e. The average Bonchev–Trinajstić information content (AvgIpc) is 2.18. The highest BCUT2D eigenvalue weighted by Gasteiger charge is 2.22. The van der Waals surface area contributed by atoms with Gasteiger partial charge < -0.3 is 10.1 Å². The molecule has 1 saturated carbocycles. The van der Waals surface area contributed by atoms with E-state index >= 15 is 0 Å².